The molecule has 0 saturated heterocycles. The standard InChI is InChI=1S/C26H32N2O6/c1-5-16(2)22(23(29)28-26(3,15-33-4)24(30)31)27-25(32)34-14-21-19-12-8-6-10-17(19)18-11-7-9-13-20(18)21/h6-13,16,21-22H,5,14-15H2,1-4H3,(H,27,32)(H,28,29)(H,30,31)/t16-,22-,26?/m0/s1. The first-order valence-electron chi connectivity index (χ1n) is 11.4. The van der Waals surface area contributed by atoms with E-state index < -0.39 is 29.6 Å². The summed E-state index contributed by atoms with van der Waals surface area (Å²) in [6, 6.07) is 15.1. The third-order valence-electron chi connectivity index (χ3n) is 6.42. The molecular formula is C26H32N2O6. The lowest BCUT2D eigenvalue weighted by Crippen LogP contribution is -2.61. The number of carbonyl (C=O) groups excluding carboxylic acids is 2. The molecule has 1 aliphatic carbocycles. The monoisotopic (exact) mass is 468 g/mol. The fraction of sp³-hybridized carbons (Fsp3) is 0.423. The lowest BCUT2D eigenvalue weighted by molar-refractivity contribution is -0.149. The highest BCUT2D eigenvalue weighted by molar-refractivity contribution is 5.91. The number of carboxylic acid groups (broad SMARTS) is 1. The van der Waals surface area contributed by atoms with Crippen LogP contribution in [0.15, 0.2) is 48.5 Å². The zero-order valence-corrected chi connectivity index (χ0v) is 20.0. The van der Waals surface area contributed by atoms with Gasteiger partial charge in [0.25, 0.3) is 0 Å². The number of hydrogen-bond acceptors (Lipinski definition) is 5. The Morgan fingerprint density at radius 1 is 1.06 bits per heavy atom. The molecule has 0 heterocycles. The number of methoxy groups -OCH3 is 1. The Kier molecular flexibility index (Phi) is 7.94. The maximum absolute atomic E-state index is 13.0. The number of benzene rings is 2. The summed E-state index contributed by atoms with van der Waals surface area (Å²) in [5.41, 5.74) is 2.79. The molecule has 1 unspecified atom stereocenters. The minimum atomic E-state index is -1.62. The summed E-state index contributed by atoms with van der Waals surface area (Å²) < 4.78 is 10.5. The minimum absolute atomic E-state index is 0.106. The summed E-state index contributed by atoms with van der Waals surface area (Å²) >= 11 is 0. The second-order valence-electron chi connectivity index (χ2n) is 8.89. The van der Waals surface area contributed by atoms with Crippen molar-refractivity contribution >= 4 is 18.0 Å². The number of ether oxygens (including phenoxy) is 2. The summed E-state index contributed by atoms with van der Waals surface area (Å²) in [5.74, 6) is -2.19. The molecule has 3 atom stereocenters. The van der Waals surface area contributed by atoms with E-state index in [1.165, 1.54) is 14.0 Å². The predicted octanol–water partition coefficient (Wildman–Crippen LogP) is 3.55. The number of alkyl carbamates (subject to hydrolysis) is 1. The van der Waals surface area contributed by atoms with Gasteiger partial charge in [-0.25, -0.2) is 9.59 Å². The Morgan fingerprint density at radius 2 is 1.62 bits per heavy atom. The van der Waals surface area contributed by atoms with Crippen molar-refractivity contribution in [3.63, 3.8) is 0 Å². The van der Waals surface area contributed by atoms with Crippen LogP contribution in [0.4, 0.5) is 4.79 Å². The van der Waals surface area contributed by atoms with Crippen LogP contribution in [-0.2, 0) is 19.1 Å². The van der Waals surface area contributed by atoms with E-state index in [0.717, 1.165) is 22.3 Å². The van der Waals surface area contributed by atoms with Gasteiger partial charge in [0.15, 0.2) is 5.54 Å². The fourth-order valence-electron chi connectivity index (χ4n) is 4.26. The van der Waals surface area contributed by atoms with Gasteiger partial charge in [0, 0.05) is 13.0 Å². The molecule has 2 aromatic rings. The van der Waals surface area contributed by atoms with Gasteiger partial charge in [-0.2, -0.15) is 0 Å². The second kappa shape index (κ2) is 10.7. The first kappa shape index (κ1) is 25.2. The smallest absolute Gasteiger partial charge is 0.407 e. The van der Waals surface area contributed by atoms with Gasteiger partial charge in [0.05, 0.1) is 6.61 Å². The van der Waals surface area contributed by atoms with Gasteiger partial charge >= 0.3 is 12.1 Å². The molecule has 0 spiro atoms. The van der Waals surface area contributed by atoms with Crippen molar-refractivity contribution in [3.05, 3.63) is 59.7 Å². The molecule has 1 aliphatic rings. The number of aliphatic carboxylic acids is 1. The fourth-order valence-corrected chi connectivity index (χ4v) is 4.26. The maximum atomic E-state index is 13.0. The maximum Gasteiger partial charge on any atom is 0.407 e. The highest BCUT2D eigenvalue weighted by atomic mass is 16.5. The van der Waals surface area contributed by atoms with E-state index in [0.29, 0.717) is 6.42 Å². The highest BCUT2D eigenvalue weighted by Gasteiger charge is 2.38. The highest BCUT2D eigenvalue weighted by Crippen LogP contribution is 2.44. The Morgan fingerprint density at radius 3 is 2.12 bits per heavy atom. The quantitative estimate of drug-likeness (QED) is 0.491. The van der Waals surface area contributed by atoms with E-state index in [1.807, 2.05) is 50.2 Å². The summed E-state index contributed by atoms with van der Waals surface area (Å²) in [4.78, 5) is 37.4. The molecule has 8 heteroatoms. The Balaban J connectivity index is 1.70. The van der Waals surface area contributed by atoms with Gasteiger partial charge in [0.1, 0.15) is 12.6 Å². The molecule has 3 N–H and O–H groups in total. The van der Waals surface area contributed by atoms with Gasteiger partial charge < -0.3 is 25.2 Å². The molecular weight excluding hydrogens is 436 g/mol. The third-order valence-corrected chi connectivity index (χ3v) is 6.42. The summed E-state index contributed by atoms with van der Waals surface area (Å²) in [5, 5.41) is 14.7. The van der Waals surface area contributed by atoms with Crippen LogP contribution in [0.1, 0.15) is 44.2 Å². The lowest BCUT2D eigenvalue weighted by atomic mass is 9.96. The van der Waals surface area contributed by atoms with E-state index in [4.69, 9.17) is 9.47 Å². The largest absolute Gasteiger partial charge is 0.479 e. The zero-order chi connectivity index (χ0) is 24.9. The van der Waals surface area contributed by atoms with E-state index in [9.17, 15) is 19.5 Å². The van der Waals surface area contributed by atoms with Crippen molar-refractivity contribution in [2.24, 2.45) is 5.92 Å². The number of fused-ring (bicyclic) bond motifs is 3. The average Bonchev–Trinajstić information content (AvgIpc) is 3.14. The van der Waals surface area contributed by atoms with Crippen LogP contribution >= 0.6 is 0 Å². The molecule has 2 amide bonds. The molecule has 0 radical (unpaired) electrons. The number of amides is 2. The van der Waals surface area contributed by atoms with Crippen LogP contribution in [0.2, 0.25) is 0 Å². The van der Waals surface area contributed by atoms with E-state index in [2.05, 4.69) is 22.8 Å². The third kappa shape index (κ3) is 5.22. The van der Waals surface area contributed by atoms with Crippen molar-refractivity contribution in [2.75, 3.05) is 20.3 Å². The minimum Gasteiger partial charge on any atom is -0.479 e. The predicted molar refractivity (Wildman–Crippen MR) is 128 cm³/mol. The normalized spacial score (nSPS) is 15.9. The van der Waals surface area contributed by atoms with E-state index in [1.54, 1.807) is 0 Å². The van der Waals surface area contributed by atoms with Crippen molar-refractivity contribution < 1.29 is 29.0 Å². The molecule has 34 heavy (non-hydrogen) atoms. The Labute approximate surface area is 199 Å². The SMILES string of the molecule is CC[C@H](C)[C@H](NC(=O)OCC1c2ccccc2-c2ccccc21)C(=O)NC(C)(COC)C(=O)O. The Bertz CT molecular complexity index is 1010. The van der Waals surface area contributed by atoms with E-state index >= 15 is 0 Å². The molecule has 0 aliphatic heterocycles. The molecule has 2 aromatic carbocycles. The average molecular weight is 469 g/mol. The van der Waals surface area contributed by atoms with Gasteiger partial charge in [0.2, 0.25) is 5.91 Å². The van der Waals surface area contributed by atoms with Crippen molar-refractivity contribution in [3.8, 4) is 11.1 Å². The van der Waals surface area contributed by atoms with Crippen LogP contribution in [0.25, 0.3) is 11.1 Å². The van der Waals surface area contributed by atoms with Crippen LogP contribution < -0.4 is 10.6 Å². The summed E-state index contributed by atoms with van der Waals surface area (Å²) in [7, 11) is 1.36. The topological polar surface area (TPSA) is 114 Å². The Hall–Kier alpha value is -3.39. The van der Waals surface area contributed by atoms with E-state index in [-0.39, 0.29) is 25.0 Å². The van der Waals surface area contributed by atoms with Crippen LogP contribution in [0.5, 0.6) is 0 Å². The first-order chi connectivity index (χ1) is 16.2. The molecule has 0 saturated carbocycles. The van der Waals surface area contributed by atoms with Gasteiger partial charge in [-0.05, 0) is 35.1 Å². The summed E-state index contributed by atoms with van der Waals surface area (Å²) in [6.45, 7) is 4.95. The van der Waals surface area contributed by atoms with Crippen molar-refractivity contribution in [1.82, 2.24) is 10.6 Å². The lowest BCUT2D eigenvalue weighted by Gasteiger charge is -2.30. The van der Waals surface area contributed by atoms with Gasteiger partial charge in [-0.1, -0.05) is 68.8 Å². The number of carbonyl (C=O) groups is 3. The molecule has 8 nitrogen and oxygen atoms in total. The van der Waals surface area contributed by atoms with Crippen LogP contribution in [0, 0.1) is 5.92 Å². The first-order valence-corrected chi connectivity index (χ1v) is 11.4. The number of carboxylic acids is 1. The zero-order valence-electron chi connectivity index (χ0n) is 20.0. The van der Waals surface area contributed by atoms with Crippen molar-refractivity contribution in [2.45, 2.75) is 44.7 Å². The van der Waals surface area contributed by atoms with Crippen LogP contribution in [-0.4, -0.2) is 55.0 Å². The number of nitrogens with one attached hydrogen (secondary N) is 2. The molecule has 0 fully saturated rings. The second-order valence-corrected chi connectivity index (χ2v) is 8.89. The van der Waals surface area contributed by atoms with Gasteiger partial charge in [-0.15, -0.1) is 0 Å². The van der Waals surface area contributed by atoms with Crippen molar-refractivity contribution in [1.29, 1.82) is 0 Å². The number of rotatable bonds is 10. The molecule has 0 aromatic heterocycles. The molecule has 0 bridgehead atoms. The molecule has 3 rings (SSSR count). The molecule has 182 valence electrons. The van der Waals surface area contributed by atoms with Gasteiger partial charge in [-0.3, -0.25) is 4.79 Å². The van der Waals surface area contributed by atoms with Crippen LogP contribution in [0.3, 0.4) is 0 Å². The number of hydrogen-bond donors (Lipinski definition) is 3. The summed E-state index contributed by atoms with van der Waals surface area (Å²) in [6.07, 6.45) is -0.137.